The van der Waals surface area contributed by atoms with Crippen molar-refractivity contribution in [1.29, 1.82) is 0 Å². The third-order valence-corrected chi connectivity index (χ3v) is 4.32. The van der Waals surface area contributed by atoms with Crippen LogP contribution in [0.5, 0.6) is 5.75 Å². The Bertz CT molecular complexity index is 542. The van der Waals surface area contributed by atoms with Crippen LogP contribution in [-0.4, -0.2) is 13.2 Å². The molecule has 0 saturated heterocycles. The summed E-state index contributed by atoms with van der Waals surface area (Å²) in [4.78, 5) is 15.0. The van der Waals surface area contributed by atoms with E-state index in [0.717, 1.165) is 42.6 Å². The number of ether oxygens (including phenoxy) is 1. The summed E-state index contributed by atoms with van der Waals surface area (Å²) in [5.41, 5.74) is 1.47. The molecule has 2 rings (SSSR count). The number of isocyanates is 1. The van der Waals surface area contributed by atoms with Gasteiger partial charge in [-0.2, -0.15) is 4.99 Å². The van der Waals surface area contributed by atoms with Crippen LogP contribution in [0.4, 0.5) is 0 Å². The first-order valence-corrected chi connectivity index (χ1v) is 7.39. The smallest absolute Gasteiger partial charge is 0.235 e. The van der Waals surface area contributed by atoms with E-state index in [9.17, 15) is 4.79 Å². The van der Waals surface area contributed by atoms with E-state index in [-0.39, 0.29) is 0 Å². The highest BCUT2D eigenvalue weighted by Crippen LogP contribution is 2.48. The van der Waals surface area contributed by atoms with Crippen LogP contribution in [-0.2, 0) is 10.3 Å². The largest absolute Gasteiger partial charge is 0.496 e. The van der Waals surface area contributed by atoms with Gasteiger partial charge in [0, 0.05) is 10.6 Å². The fourth-order valence-electron chi connectivity index (χ4n) is 3.11. The molecule has 1 saturated carbocycles. The summed E-state index contributed by atoms with van der Waals surface area (Å²) < 4.78 is 5.63. The van der Waals surface area contributed by atoms with Crippen molar-refractivity contribution in [3.63, 3.8) is 0 Å². The van der Waals surface area contributed by atoms with E-state index in [0.29, 0.717) is 10.9 Å². The van der Waals surface area contributed by atoms with Gasteiger partial charge in [0.15, 0.2) is 0 Å². The zero-order valence-corrected chi connectivity index (χ0v) is 13.0. The molecule has 0 N–H and O–H groups in total. The molecule has 1 aliphatic carbocycles. The van der Waals surface area contributed by atoms with Gasteiger partial charge < -0.3 is 4.74 Å². The second kappa shape index (κ2) is 5.99. The molecule has 1 fully saturated rings. The van der Waals surface area contributed by atoms with Crippen molar-refractivity contribution in [2.75, 3.05) is 7.11 Å². The lowest BCUT2D eigenvalue weighted by Gasteiger charge is -2.27. The Kier molecular flexibility index (Phi) is 4.52. The highest BCUT2D eigenvalue weighted by Gasteiger charge is 2.39. The molecule has 0 atom stereocenters. The van der Waals surface area contributed by atoms with Crippen molar-refractivity contribution >= 4 is 17.7 Å². The van der Waals surface area contributed by atoms with Crippen LogP contribution < -0.4 is 4.74 Å². The monoisotopic (exact) mass is 293 g/mol. The van der Waals surface area contributed by atoms with E-state index in [1.165, 1.54) is 0 Å². The standard InChI is InChI=1S/C16H20ClNO2/c1-11(2)13-8-12(17)9-14(15(13)20-3)16(18-10-19)6-4-5-7-16/h8-9,11H,4-7H2,1-3H3. The van der Waals surface area contributed by atoms with Gasteiger partial charge in [0.2, 0.25) is 6.08 Å². The van der Waals surface area contributed by atoms with Gasteiger partial charge in [0.1, 0.15) is 11.3 Å². The molecule has 1 aromatic carbocycles. The molecule has 3 nitrogen and oxygen atoms in total. The van der Waals surface area contributed by atoms with Gasteiger partial charge in [0.05, 0.1) is 7.11 Å². The number of carbonyl (C=O) groups excluding carboxylic acids is 1. The van der Waals surface area contributed by atoms with Crippen molar-refractivity contribution in [3.8, 4) is 5.75 Å². The molecule has 0 heterocycles. The van der Waals surface area contributed by atoms with Crippen molar-refractivity contribution in [2.45, 2.75) is 51.0 Å². The quantitative estimate of drug-likeness (QED) is 0.602. The van der Waals surface area contributed by atoms with Gasteiger partial charge >= 0.3 is 0 Å². The Hall–Kier alpha value is -1.31. The normalized spacial score (nSPS) is 17.1. The molecule has 0 radical (unpaired) electrons. The number of hydrogen-bond donors (Lipinski definition) is 0. The third-order valence-electron chi connectivity index (χ3n) is 4.10. The van der Waals surface area contributed by atoms with Gasteiger partial charge in [-0.25, -0.2) is 4.79 Å². The maximum absolute atomic E-state index is 10.9. The predicted octanol–water partition coefficient (Wildman–Crippen LogP) is 4.58. The number of rotatable bonds is 4. The van der Waals surface area contributed by atoms with Crippen LogP contribution in [0.25, 0.3) is 0 Å². The minimum atomic E-state index is -0.512. The summed E-state index contributed by atoms with van der Waals surface area (Å²) in [6.45, 7) is 4.20. The van der Waals surface area contributed by atoms with Crippen molar-refractivity contribution in [1.82, 2.24) is 0 Å². The summed E-state index contributed by atoms with van der Waals surface area (Å²) in [5, 5.41) is 0.664. The lowest BCUT2D eigenvalue weighted by molar-refractivity contribution is 0.373. The second-order valence-electron chi connectivity index (χ2n) is 5.67. The fourth-order valence-corrected chi connectivity index (χ4v) is 3.33. The van der Waals surface area contributed by atoms with Crippen LogP contribution in [0, 0.1) is 0 Å². The number of halogens is 1. The summed E-state index contributed by atoms with van der Waals surface area (Å²) >= 11 is 6.27. The van der Waals surface area contributed by atoms with Crippen LogP contribution in [0.3, 0.4) is 0 Å². The Balaban J connectivity index is 2.68. The fraction of sp³-hybridized carbons (Fsp3) is 0.562. The Morgan fingerprint density at radius 2 is 2.00 bits per heavy atom. The maximum Gasteiger partial charge on any atom is 0.235 e. The molecule has 4 heteroatoms. The van der Waals surface area contributed by atoms with Gasteiger partial charge in [-0.05, 0) is 36.5 Å². The van der Waals surface area contributed by atoms with E-state index in [1.807, 2.05) is 12.1 Å². The van der Waals surface area contributed by atoms with Crippen LogP contribution >= 0.6 is 11.6 Å². The third kappa shape index (κ3) is 2.61. The van der Waals surface area contributed by atoms with Crippen LogP contribution in [0.15, 0.2) is 17.1 Å². The molecule has 0 unspecified atom stereocenters. The highest BCUT2D eigenvalue weighted by molar-refractivity contribution is 6.30. The molecule has 0 amide bonds. The Morgan fingerprint density at radius 3 is 2.50 bits per heavy atom. The minimum absolute atomic E-state index is 0.293. The summed E-state index contributed by atoms with van der Waals surface area (Å²) in [7, 11) is 1.66. The van der Waals surface area contributed by atoms with Gasteiger partial charge in [-0.15, -0.1) is 0 Å². The lowest BCUT2D eigenvalue weighted by Crippen LogP contribution is -2.21. The first-order chi connectivity index (χ1) is 9.54. The summed E-state index contributed by atoms with van der Waals surface area (Å²) in [6, 6.07) is 3.82. The average Bonchev–Trinajstić information content (AvgIpc) is 2.87. The molecular formula is C16H20ClNO2. The molecule has 20 heavy (non-hydrogen) atoms. The zero-order chi connectivity index (χ0) is 14.8. The molecule has 0 aliphatic heterocycles. The van der Waals surface area contributed by atoms with Gasteiger partial charge in [-0.1, -0.05) is 38.3 Å². The number of nitrogens with zero attached hydrogens (tertiary/aromatic N) is 1. The topological polar surface area (TPSA) is 38.7 Å². The van der Waals surface area contributed by atoms with Crippen LogP contribution in [0.1, 0.15) is 56.6 Å². The number of aliphatic imine (C=N–C) groups is 1. The predicted molar refractivity (Wildman–Crippen MR) is 80.4 cm³/mol. The second-order valence-corrected chi connectivity index (χ2v) is 6.11. The van der Waals surface area contributed by atoms with E-state index in [2.05, 4.69) is 18.8 Å². The SMILES string of the molecule is COc1c(C(C)C)cc(Cl)cc1C1(N=C=O)CCCC1. The van der Waals surface area contributed by atoms with E-state index in [1.54, 1.807) is 13.2 Å². The summed E-state index contributed by atoms with van der Waals surface area (Å²) in [6.07, 6.45) is 5.54. The van der Waals surface area contributed by atoms with E-state index >= 15 is 0 Å². The molecule has 1 aromatic rings. The minimum Gasteiger partial charge on any atom is -0.496 e. The molecular weight excluding hydrogens is 274 g/mol. The molecule has 0 spiro atoms. The van der Waals surface area contributed by atoms with Gasteiger partial charge in [-0.3, -0.25) is 0 Å². The van der Waals surface area contributed by atoms with E-state index in [4.69, 9.17) is 16.3 Å². The first kappa shape index (κ1) is 15.1. The molecule has 0 aromatic heterocycles. The highest BCUT2D eigenvalue weighted by atomic mass is 35.5. The number of methoxy groups -OCH3 is 1. The first-order valence-electron chi connectivity index (χ1n) is 7.01. The van der Waals surface area contributed by atoms with Crippen molar-refractivity contribution in [2.24, 2.45) is 4.99 Å². The Labute approximate surface area is 125 Å². The molecule has 0 bridgehead atoms. The lowest BCUT2D eigenvalue weighted by atomic mass is 9.85. The van der Waals surface area contributed by atoms with E-state index < -0.39 is 5.54 Å². The van der Waals surface area contributed by atoms with Crippen molar-refractivity contribution in [3.05, 3.63) is 28.3 Å². The molecule has 1 aliphatic rings. The number of benzene rings is 1. The summed E-state index contributed by atoms with van der Waals surface area (Å²) in [5.74, 6) is 1.10. The maximum atomic E-state index is 10.9. The van der Waals surface area contributed by atoms with Crippen molar-refractivity contribution < 1.29 is 9.53 Å². The number of hydrogen-bond acceptors (Lipinski definition) is 3. The Morgan fingerprint density at radius 1 is 1.35 bits per heavy atom. The molecule has 108 valence electrons. The zero-order valence-electron chi connectivity index (χ0n) is 12.2. The average molecular weight is 294 g/mol. The van der Waals surface area contributed by atoms with Gasteiger partial charge in [0.25, 0.3) is 0 Å². The van der Waals surface area contributed by atoms with Crippen LogP contribution in [0.2, 0.25) is 5.02 Å².